The average molecular weight is 435 g/mol. The molecule has 30 heavy (non-hydrogen) atoms. The Balaban J connectivity index is 1.72. The molecule has 0 bridgehead atoms. The van der Waals surface area contributed by atoms with Gasteiger partial charge in [-0.1, -0.05) is 39.0 Å². The normalized spacial score (nSPS) is 20.2. The van der Waals surface area contributed by atoms with Crippen LogP contribution in [0.15, 0.2) is 16.9 Å². The largest absolute Gasteiger partial charge is 0.431 e. The molecule has 166 valence electrons. The van der Waals surface area contributed by atoms with Crippen molar-refractivity contribution >= 4 is 22.6 Å². The monoisotopic (exact) mass is 434 g/mol. The molecule has 3 rings (SSSR count). The van der Waals surface area contributed by atoms with Crippen LogP contribution in [0.3, 0.4) is 0 Å². The molecule has 6 nitrogen and oxygen atoms in total. The summed E-state index contributed by atoms with van der Waals surface area (Å²) in [7, 11) is -1.21. The number of hydrogen-bond acceptors (Lipinski definition) is 5. The van der Waals surface area contributed by atoms with Crippen LogP contribution < -0.4 is 0 Å². The fourth-order valence-electron chi connectivity index (χ4n) is 4.20. The van der Waals surface area contributed by atoms with E-state index in [0.717, 1.165) is 43.5 Å². The quantitative estimate of drug-likeness (QED) is 0.376. The first-order valence-electron chi connectivity index (χ1n) is 11.3. The van der Waals surface area contributed by atoms with E-state index in [4.69, 9.17) is 4.74 Å². The highest BCUT2D eigenvalue weighted by molar-refractivity contribution is 7.84. The Morgan fingerprint density at radius 3 is 2.57 bits per heavy atom. The molecule has 0 aromatic carbocycles. The summed E-state index contributed by atoms with van der Waals surface area (Å²) in [5.74, 6) is -0.0158. The second-order valence-electron chi connectivity index (χ2n) is 8.63. The minimum Gasteiger partial charge on any atom is -0.431 e. The Kier molecular flexibility index (Phi) is 8.03. The van der Waals surface area contributed by atoms with Crippen molar-refractivity contribution < 1.29 is 18.5 Å². The van der Waals surface area contributed by atoms with Gasteiger partial charge in [0.15, 0.2) is 5.78 Å². The molecule has 2 atom stereocenters. The number of aryl methyl sites for hydroxylation is 2. The maximum absolute atomic E-state index is 12.6. The Morgan fingerprint density at radius 1 is 1.20 bits per heavy atom. The minimum atomic E-state index is -1.21. The van der Waals surface area contributed by atoms with Gasteiger partial charge in [0, 0.05) is 43.2 Å². The molecule has 0 radical (unpaired) electrons. The molecule has 1 fully saturated rings. The van der Waals surface area contributed by atoms with E-state index in [-0.39, 0.29) is 23.6 Å². The second kappa shape index (κ2) is 10.5. The van der Waals surface area contributed by atoms with Crippen LogP contribution in [0.25, 0.3) is 0 Å². The molecule has 0 spiro atoms. The van der Waals surface area contributed by atoms with Gasteiger partial charge in [0.2, 0.25) is 0 Å². The van der Waals surface area contributed by atoms with Crippen LogP contribution in [0.1, 0.15) is 88.3 Å². The molecule has 0 amide bonds. The first-order chi connectivity index (χ1) is 14.4. The summed E-state index contributed by atoms with van der Waals surface area (Å²) < 4.78 is 20.0. The van der Waals surface area contributed by atoms with E-state index in [1.807, 2.05) is 11.6 Å². The molecule has 2 aliphatic rings. The van der Waals surface area contributed by atoms with Gasteiger partial charge in [-0.15, -0.1) is 0 Å². The molecule has 2 aliphatic carbocycles. The summed E-state index contributed by atoms with van der Waals surface area (Å²) in [4.78, 5) is 24.4. The third-order valence-electron chi connectivity index (χ3n) is 5.89. The van der Waals surface area contributed by atoms with Gasteiger partial charge in [-0.2, -0.15) is 5.10 Å². The Hall–Kier alpha value is -1.76. The van der Waals surface area contributed by atoms with Gasteiger partial charge in [-0.05, 0) is 26.2 Å². The fraction of sp³-hybridized carbons (Fsp3) is 0.696. The van der Waals surface area contributed by atoms with Crippen molar-refractivity contribution in [3.05, 3.63) is 23.1 Å². The summed E-state index contributed by atoms with van der Waals surface area (Å²) in [6.07, 6.45) is 12.8. The lowest BCUT2D eigenvalue weighted by molar-refractivity contribution is -0.141. The number of nitrogens with zero attached hydrogens (tertiary/aromatic N) is 2. The zero-order valence-electron chi connectivity index (χ0n) is 18.4. The Labute approximate surface area is 181 Å². The molecule has 0 saturated heterocycles. The van der Waals surface area contributed by atoms with E-state index in [9.17, 15) is 13.8 Å². The highest BCUT2D eigenvalue weighted by Gasteiger charge is 2.35. The molecule has 0 N–H and O–H groups in total. The zero-order chi connectivity index (χ0) is 21.7. The van der Waals surface area contributed by atoms with Crippen molar-refractivity contribution in [3.8, 4) is 0 Å². The van der Waals surface area contributed by atoms with Gasteiger partial charge >= 0.3 is 5.97 Å². The number of unbranched alkanes of at least 4 members (excludes halogenated alkanes) is 5. The number of rotatable bonds is 11. The lowest BCUT2D eigenvalue weighted by Gasteiger charge is -2.22. The van der Waals surface area contributed by atoms with Crippen LogP contribution in [-0.2, 0) is 31.7 Å². The van der Waals surface area contributed by atoms with Crippen LogP contribution >= 0.6 is 0 Å². The predicted octanol–water partition coefficient (Wildman–Crippen LogP) is 4.57. The van der Waals surface area contributed by atoms with Gasteiger partial charge in [0.25, 0.3) is 0 Å². The standard InChI is InChI=1S/C23H34N2O4S/c1-4-5-6-7-8-9-12-25-22(30(3)28)21(16(2)24-25)18-13-19(26)15-20(14-18)29-23(27)17-10-11-17/h15,17-18H,4-14H2,1-3H3. The molecule has 1 aromatic rings. The number of ether oxygens (including phenoxy) is 1. The lowest BCUT2D eigenvalue weighted by atomic mass is 9.86. The third-order valence-corrected chi connectivity index (χ3v) is 6.86. The smallest absolute Gasteiger partial charge is 0.314 e. The van der Waals surface area contributed by atoms with E-state index < -0.39 is 10.8 Å². The van der Waals surface area contributed by atoms with Crippen molar-refractivity contribution in [1.29, 1.82) is 0 Å². The number of hydrogen-bond donors (Lipinski definition) is 0. The number of allylic oxidation sites excluding steroid dienone is 2. The molecule has 1 heterocycles. The van der Waals surface area contributed by atoms with Crippen molar-refractivity contribution in [2.75, 3.05) is 6.26 Å². The van der Waals surface area contributed by atoms with Gasteiger partial charge in [0.1, 0.15) is 10.8 Å². The van der Waals surface area contributed by atoms with Crippen molar-refractivity contribution in [2.24, 2.45) is 5.92 Å². The molecule has 1 aromatic heterocycles. The zero-order valence-corrected chi connectivity index (χ0v) is 19.3. The molecular weight excluding hydrogens is 400 g/mol. The van der Waals surface area contributed by atoms with E-state index in [1.165, 1.54) is 31.8 Å². The van der Waals surface area contributed by atoms with E-state index in [2.05, 4.69) is 12.0 Å². The predicted molar refractivity (Wildman–Crippen MR) is 117 cm³/mol. The first-order valence-corrected chi connectivity index (χ1v) is 12.8. The van der Waals surface area contributed by atoms with Gasteiger partial charge < -0.3 is 4.74 Å². The van der Waals surface area contributed by atoms with Crippen molar-refractivity contribution in [2.45, 2.75) is 95.5 Å². The lowest BCUT2D eigenvalue weighted by Crippen LogP contribution is -2.18. The van der Waals surface area contributed by atoms with Crippen LogP contribution in [0.5, 0.6) is 0 Å². The van der Waals surface area contributed by atoms with Gasteiger partial charge in [-0.25, -0.2) is 0 Å². The summed E-state index contributed by atoms with van der Waals surface area (Å²) in [5, 5.41) is 5.39. The SMILES string of the molecule is CCCCCCCCn1nc(C)c(C2CC(=O)C=C(OC(=O)C3CC3)C2)c1S(C)=O. The Bertz CT molecular complexity index is 839. The molecule has 2 unspecified atom stereocenters. The highest BCUT2D eigenvalue weighted by Crippen LogP contribution is 2.38. The van der Waals surface area contributed by atoms with Crippen LogP contribution in [0.2, 0.25) is 0 Å². The number of carbonyl (C=O) groups excluding carboxylic acids is 2. The summed E-state index contributed by atoms with van der Waals surface area (Å²) >= 11 is 0. The molecule has 1 saturated carbocycles. The maximum Gasteiger partial charge on any atom is 0.314 e. The average Bonchev–Trinajstić information content (AvgIpc) is 3.47. The van der Waals surface area contributed by atoms with E-state index in [0.29, 0.717) is 23.6 Å². The van der Waals surface area contributed by atoms with Crippen molar-refractivity contribution in [1.82, 2.24) is 9.78 Å². The molecule has 7 heteroatoms. The summed E-state index contributed by atoms with van der Waals surface area (Å²) in [6, 6.07) is 0. The molecule has 0 aliphatic heterocycles. The minimum absolute atomic E-state index is 0.0121. The third kappa shape index (κ3) is 5.90. The van der Waals surface area contributed by atoms with Crippen LogP contribution in [0, 0.1) is 12.8 Å². The van der Waals surface area contributed by atoms with Gasteiger partial charge in [0.05, 0.1) is 22.4 Å². The fourth-order valence-corrected chi connectivity index (χ4v) is 5.26. The Morgan fingerprint density at radius 2 is 1.90 bits per heavy atom. The van der Waals surface area contributed by atoms with Crippen LogP contribution in [0.4, 0.5) is 0 Å². The number of ketones is 1. The summed E-state index contributed by atoms with van der Waals surface area (Å²) in [5.41, 5.74) is 1.71. The maximum atomic E-state index is 12.6. The number of esters is 1. The number of carbonyl (C=O) groups is 2. The van der Waals surface area contributed by atoms with Gasteiger partial charge in [-0.3, -0.25) is 18.5 Å². The van der Waals surface area contributed by atoms with Crippen LogP contribution in [-0.4, -0.2) is 32.0 Å². The topological polar surface area (TPSA) is 78.3 Å². The van der Waals surface area contributed by atoms with Crippen molar-refractivity contribution in [3.63, 3.8) is 0 Å². The first kappa shape index (κ1) is 22.9. The van der Waals surface area contributed by atoms with E-state index >= 15 is 0 Å². The number of aromatic nitrogens is 2. The molecular formula is C23H34N2O4S. The van der Waals surface area contributed by atoms with E-state index in [1.54, 1.807) is 6.26 Å². The summed E-state index contributed by atoms with van der Waals surface area (Å²) in [6.45, 7) is 4.87. The highest BCUT2D eigenvalue weighted by atomic mass is 32.2. The second-order valence-corrected chi connectivity index (χ2v) is 9.92.